The van der Waals surface area contributed by atoms with Crippen LogP contribution in [0.1, 0.15) is 28.8 Å². The molecule has 7 nitrogen and oxygen atoms in total. The van der Waals surface area contributed by atoms with Crippen molar-refractivity contribution in [2.75, 3.05) is 12.4 Å². The Kier molecular flexibility index (Phi) is 5.22. The van der Waals surface area contributed by atoms with Gasteiger partial charge in [-0.25, -0.2) is 0 Å². The number of aromatic amines is 1. The Labute approximate surface area is 178 Å². The fraction of sp³-hybridized carbons (Fsp3) is 0.208. The molecule has 0 spiro atoms. The number of pyridine rings is 1. The average molecular weight is 415 g/mol. The van der Waals surface area contributed by atoms with E-state index in [1.54, 1.807) is 27.0 Å². The highest BCUT2D eigenvalue weighted by molar-refractivity contribution is 6.07. The molecule has 0 aliphatic heterocycles. The minimum Gasteiger partial charge on any atom is -0.495 e. The van der Waals surface area contributed by atoms with Crippen LogP contribution in [0, 0.1) is 25.2 Å². The lowest BCUT2D eigenvalue weighted by molar-refractivity contribution is -0.116. The number of aromatic nitrogens is 1. The van der Waals surface area contributed by atoms with E-state index in [9.17, 15) is 14.9 Å². The van der Waals surface area contributed by atoms with Crippen LogP contribution in [0.3, 0.4) is 0 Å². The zero-order chi connectivity index (χ0) is 22.1. The highest BCUT2D eigenvalue weighted by Crippen LogP contribution is 2.36. The summed E-state index contributed by atoms with van der Waals surface area (Å²) in [4.78, 5) is 27.2. The number of nitrogens with one attached hydrogen (secondary N) is 2. The normalized spacial score (nSPS) is 10.9. The van der Waals surface area contributed by atoms with E-state index in [-0.39, 0.29) is 17.9 Å². The van der Waals surface area contributed by atoms with Crippen molar-refractivity contribution in [1.29, 1.82) is 5.26 Å². The van der Waals surface area contributed by atoms with Gasteiger partial charge in [0.25, 0.3) is 5.56 Å². The number of hydrogen-bond acceptors (Lipinski definition) is 5. The summed E-state index contributed by atoms with van der Waals surface area (Å²) >= 11 is 0. The molecule has 2 aromatic carbocycles. The van der Waals surface area contributed by atoms with Gasteiger partial charge in [0.1, 0.15) is 28.5 Å². The van der Waals surface area contributed by atoms with Crippen LogP contribution in [0.4, 0.5) is 5.69 Å². The molecule has 4 rings (SSSR count). The number of nitriles is 1. The van der Waals surface area contributed by atoms with Crippen molar-refractivity contribution in [3.63, 3.8) is 0 Å². The first-order valence-corrected chi connectivity index (χ1v) is 9.84. The lowest BCUT2D eigenvalue weighted by Gasteiger charge is -2.12. The summed E-state index contributed by atoms with van der Waals surface area (Å²) in [6.45, 7) is 3.49. The minimum absolute atomic E-state index is 0.0815. The fourth-order valence-corrected chi connectivity index (χ4v) is 3.89. The molecule has 0 aliphatic rings. The number of fused-ring (bicyclic) bond motifs is 3. The molecule has 0 saturated carbocycles. The number of hydrogen-bond donors (Lipinski definition) is 2. The first-order valence-electron chi connectivity index (χ1n) is 9.84. The molecule has 2 heterocycles. The highest BCUT2D eigenvalue weighted by atomic mass is 16.5. The van der Waals surface area contributed by atoms with Gasteiger partial charge in [0.2, 0.25) is 5.91 Å². The quantitative estimate of drug-likeness (QED) is 0.504. The molecule has 1 amide bonds. The van der Waals surface area contributed by atoms with Crippen molar-refractivity contribution in [1.82, 2.24) is 4.98 Å². The molecule has 0 atom stereocenters. The van der Waals surface area contributed by atoms with Crippen LogP contribution in [0.5, 0.6) is 5.75 Å². The van der Waals surface area contributed by atoms with Gasteiger partial charge in [0.15, 0.2) is 0 Å². The molecular formula is C24H21N3O4. The van der Waals surface area contributed by atoms with Crippen molar-refractivity contribution in [3.05, 3.63) is 69.1 Å². The third kappa shape index (κ3) is 3.64. The number of carbonyl (C=O) groups excluding carboxylic acids is 1. The first kappa shape index (κ1) is 20.2. The van der Waals surface area contributed by atoms with Crippen molar-refractivity contribution in [2.24, 2.45) is 0 Å². The Bertz CT molecular complexity index is 1420. The number of H-pyrrole nitrogens is 1. The topological polar surface area (TPSA) is 108 Å². The summed E-state index contributed by atoms with van der Waals surface area (Å²) in [7, 11) is 1.55. The summed E-state index contributed by atoms with van der Waals surface area (Å²) in [5.41, 5.74) is 3.68. The molecule has 2 aromatic heterocycles. The molecular weight excluding hydrogens is 394 g/mol. The maximum atomic E-state index is 12.7. The van der Waals surface area contributed by atoms with E-state index in [2.05, 4.69) is 10.3 Å². The van der Waals surface area contributed by atoms with Crippen LogP contribution in [0.2, 0.25) is 0 Å². The number of rotatable bonds is 5. The number of methoxy groups -OCH3 is 1. The van der Waals surface area contributed by atoms with Gasteiger partial charge in [-0.05, 0) is 43.5 Å². The Morgan fingerprint density at radius 3 is 2.71 bits per heavy atom. The summed E-state index contributed by atoms with van der Waals surface area (Å²) in [5.74, 6) is 0.327. The molecule has 0 aliphatic carbocycles. The van der Waals surface area contributed by atoms with Gasteiger partial charge in [-0.2, -0.15) is 5.26 Å². The second-order valence-electron chi connectivity index (χ2n) is 7.36. The number of amides is 1. The predicted molar refractivity (Wildman–Crippen MR) is 118 cm³/mol. The second kappa shape index (κ2) is 8.00. The molecule has 0 radical (unpaired) electrons. The lowest BCUT2D eigenvalue weighted by Crippen LogP contribution is -2.18. The van der Waals surface area contributed by atoms with Gasteiger partial charge in [-0.15, -0.1) is 0 Å². The number of furan rings is 1. The van der Waals surface area contributed by atoms with E-state index < -0.39 is 5.56 Å². The fourth-order valence-electron chi connectivity index (χ4n) is 3.89. The third-order valence-corrected chi connectivity index (χ3v) is 5.50. The number of carbonyl (C=O) groups is 1. The molecule has 0 unspecified atom stereocenters. The summed E-state index contributed by atoms with van der Waals surface area (Å²) in [6, 6.07) is 13.3. The van der Waals surface area contributed by atoms with Crippen molar-refractivity contribution in [2.45, 2.75) is 26.7 Å². The Hall–Kier alpha value is -4.05. The van der Waals surface area contributed by atoms with Gasteiger partial charge in [-0.1, -0.05) is 18.2 Å². The zero-order valence-electron chi connectivity index (χ0n) is 17.5. The molecule has 0 saturated heterocycles. The van der Waals surface area contributed by atoms with Crippen LogP contribution in [0.25, 0.3) is 21.9 Å². The smallest absolute Gasteiger partial charge is 0.266 e. The van der Waals surface area contributed by atoms with Gasteiger partial charge >= 0.3 is 0 Å². The van der Waals surface area contributed by atoms with E-state index in [0.717, 1.165) is 21.9 Å². The Morgan fingerprint density at radius 2 is 1.97 bits per heavy atom. The number of nitrogens with zero attached hydrogens (tertiary/aromatic N) is 1. The zero-order valence-corrected chi connectivity index (χ0v) is 17.5. The largest absolute Gasteiger partial charge is 0.495 e. The van der Waals surface area contributed by atoms with Gasteiger partial charge in [-0.3, -0.25) is 9.59 Å². The number of aryl methyl sites for hydroxylation is 1. The second-order valence-corrected chi connectivity index (χ2v) is 7.36. The number of para-hydroxylation sites is 1. The summed E-state index contributed by atoms with van der Waals surface area (Å²) in [6.07, 6.45) is 0.573. The maximum absolute atomic E-state index is 12.7. The van der Waals surface area contributed by atoms with E-state index in [1.807, 2.05) is 36.4 Å². The molecule has 4 aromatic rings. The van der Waals surface area contributed by atoms with Crippen LogP contribution in [0.15, 0.2) is 45.6 Å². The van der Waals surface area contributed by atoms with Crippen LogP contribution in [-0.2, 0) is 11.2 Å². The van der Waals surface area contributed by atoms with E-state index in [4.69, 9.17) is 9.15 Å². The first-order chi connectivity index (χ1) is 14.9. The average Bonchev–Trinajstić information content (AvgIpc) is 3.10. The van der Waals surface area contributed by atoms with E-state index in [1.165, 1.54) is 0 Å². The number of anilines is 1. The number of ether oxygens (including phenoxy) is 1. The minimum atomic E-state index is -0.408. The molecule has 2 N–H and O–H groups in total. The predicted octanol–water partition coefficient (Wildman–Crippen LogP) is 4.34. The van der Waals surface area contributed by atoms with Gasteiger partial charge in [0, 0.05) is 29.0 Å². The van der Waals surface area contributed by atoms with Gasteiger partial charge < -0.3 is 19.5 Å². The van der Waals surface area contributed by atoms with Crippen LogP contribution in [-0.4, -0.2) is 18.0 Å². The van der Waals surface area contributed by atoms with Crippen molar-refractivity contribution < 1.29 is 13.9 Å². The van der Waals surface area contributed by atoms with Crippen LogP contribution >= 0.6 is 0 Å². The molecule has 156 valence electrons. The van der Waals surface area contributed by atoms with Crippen LogP contribution < -0.4 is 15.6 Å². The summed E-state index contributed by atoms with van der Waals surface area (Å²) < 4.78 is 11.4. The van der Waals surface area contributed by atoms with Crippen molar-refractivity contribution >= 4 is 33.5 Å². The maximum Gasteiger partial charge on any atom is 0.266 e. The van der Waals surface area contributed by atoms with E-state index >= 15 is 0 Å². The standard InChI is InChI=1S/C24H21N3O4/c1-13-15(14(2)26-24(29)18(13)12-25)8-9-23(28)27-19-11-21-17(10-22(19)30-3)16-6-4-5-7-20(16)31-21/h4-7,10-11H,8-9H2,1-3H3,(H,26,29)(H,27,28). The Balaban J connectivity index is 1.58. The van der Waals surface area contributed by atoms with Gasteiger partial charge in [0.05, 0.1) is 12.8 Å². The SMILES string of the molecule is COc1cc2c(cc1NC(=O)CCc1c(C)[nH]c(=O)c(C#N)c1C)oc1ccccc12. The Morgan fingerprint density at radius 1 is 1.19 bits per heavy atom. The molecule has 0 fully saturated rings. The summed E-state index contributed by atoms with van der Waals surface area (Å²) in [5, 5.41) is 14.0. The molecule has 31 heavy (non-hydrogen) atoms. The molecule has 7 heteroatoms. The monoisotopic (exact) mass is 415 g/mol. The van der Waals surface area contributed by atoms with E-state index in [0.29, 0.717) is 34.7 Å². The lowest BCUT2D eigenvalue weighted by atomic mass is 9.99. The van der Waals surface area contributed by atoms with Crippen molar-refractivity contribution in [3.8, 4) is 11.8 Å². The third-order valence-electron chi connectivity index (χ3n) is 5.50. The molecule has 0 bridgehead atoms. The number of benzene rings is 2. The highest BCUT2D eigenvalue weighted by Gasteiger charge is 2.16.